The molecule has 0 aliphatic carbocycles. The van der Waals surface area contributed by atoms with Gasteiger partial charge in [-0.3, -0.25) is 4.79 Å². The maximum Gasteiger partial charge on any atom is 0.319 e. The highest BCUT2D eigenvalue weighted by Gasteiger charge is 2.30. The van der Waals surface area contributed by atoms with Gasteiger partial charge in [0.15, 0.2) is 5.78 Å². The van der Waals surface area contributed by atoms with Crippen molar-refractivity contribution in [1.29, 1.82) is 0 Å². The second kappa shape index (κ2) is 11.6. The molecule has 2 amide bonds. The van der Waals surface area contributed by atoms with E-state index in [1.165, 1.54) is 18.9 Å². The Morgan fingerprint density at radius 2 is 1.97 bits per heavy atom. The molecule has 0 bridgehead atoms. The SMILES string of the molecule is CC(=O)c1cccc(NC(=O)N[C@@H]2CCNC[C@H]2CN2CCC[C@@H](Cc3ccc(F)cc3)C2)c1. The quantitative estimate of drug-likeness (QED) is 0.538. The summed E-state index contributed by atoms with van der Waals surface area (Å²) in [5.74, 6) is 0.682. The average Bonchev–Trinajstić information content (AvgIpc) is 2.82. The first-order valence-corrected chi connectivity index (χ1v) is 12.3. The highest BCUT2D eigenvalue weighted by molar-refractivity contribution is 5.96. The highest BCUT2D eigenvalue weighted by Crippen LogP contribution is 2.23. The van der Waals surface area contributed by atoms with Gasteiger partial charge in [-0.05, 0) is 81.4 Å². The lowest BCUT2D eigenvalue weighted by atomic mass is 9.88. The Morgan fingerprint density at radius 3 is 2.76 bits per heavy atom. The van der Waals surface area contributed by atoms with E-state index >= 15 is 0 Å². The third kappa shape index (κ3) is 6.87. The van der Waals surface area contributed by atoms with Crippen molar-refractivity contribution in [2.24, 2.45) is 11.8 Å². The van der Waals surface area contributed by atoms with Crippen LogP contribution in [0.2, 0.25) is 0 Å². The lowest BCUT2D eigenvalue weighted by Gasteiger charge is -2.39. The summed E-state index contributed by atoms with van der Waals surface area (Å²) >= 11 is 0. The van der Waals surface area contributed by atoms with Gasteiger partial charge in [-0.15, -0.1) is 0 Å². The highest BCUT2D eigenvalue weighted by atomic mass is 19.1. The van der Waals surface area contributed by atoms with Crippen molar-refractivity contribution in [1.82, 2.24) is 15.5 Å². The van der Waals surface area contributed by atoms with E-state index in [0.717, 1.165) is 52.0 Å². The fourth-order valence-electron chi connectivity index (χ4n) is 5.23. The number of carbonyl (C=O) groups is 2. The minimum absolute atomic E-state index is 0.0262. The van der Waals surface area contributed by atoms with Crippen molar-refractivity contribution in [3.8, 4) is 0 Å². The number of hydrogen-bond donors (Lipinski definition) is 3. The Morgan fingerprint density at radius 1 is 1.15 bits per heavy atom. The summed E-state index contributed by atoms with van der Waals surface area (Å²) < 4.78 is 13.2. The van der Waals surface area contributed by atoms with E-state index in [4.69, 9.17) is 0 Å². The molecule has 2 saturated heterocycles. The third-order valence-corrected chi connectivity index (χ3v) is 6.98. The number of likely N-dealkylation sites (tertiary alicyclic amines) is 1. The zero-order valence-electron chi connectivity index (χ0n) is 19.9. The zero-order chi connectivity index (χ0) is 23.9. The summed E-state index contributed by atoms with van der Waals surface area (Å²) in [6.07, 6.45) is 4.22. The molecular formula is C27H35FN4O2. The fourth-order valence-corrected chi connectivity index (χ4v) is 5.23. The molecule has 3 atom stereocenters. The number of urea groups is 1. The summed E-state index contributed by atoms with van der Waals surface area (Å²) in [5.41, 5.74) is 2.39. The third-order valence-electron chi connectivity index (χ3n) is 6.98. The maximum atomic E-state index is 13.2. The Balaban J connectivity index is 1.30. The summed E-state index contributed by atoms with van der Waals surface area (Å²) in [6.45, 7) is 6.33. The van der Waals surface area contributed by atoms with Crippen LogP contribution in [0.5, 0.6) is 0 Å². The van der Waals surface area contributed by atoms with Crippen molar-refractivity contribution in [2.75, 3.05) is 38.0 Å². The van der Waals surface area contributed by atoms with E-state index in [2.05, 4.69) is 20.9 Å². The number of hydrogen-bond acceptors (Lipinski definition) is 4. The predicted molar refractivity (Wildman–Crippen MR) is 133 cm³/mol. The number of nitrogens with one attached hydrogen (secondary N) is 3. The molecule has 0 spiro atoms. The van der Waals surface area contributed by atoms with Crippen LogP contribution in [-0.4, -0.2) is 55.5 Å². The number of amides is 2. The van der Waals surface area contributed by atoms with Gasteiger partial charge in [-0.2, -0.15) is 0 Å². The Bertz CT molecular complexity index is 981. The number of anilines is 1. The monoisotopic (exact) mass is 466 g/mol. The number of nitrogens with zero attached hydrogens (tertiary/aromatic N) is 1. The van der Waals surface area contributed by atoms with Crippen molar-refractivity contribution in [3.05, 3.63) is 65.5 Å². The normalized spacial score (nSPS) is 23.3. The van der Waals surface area contributed by atoms with Gasteiger partial charge in [0.1, 0.15) is 5.82 Å². The zero-order valence-corrected chi connectivity index (χ0v) is 19.9. The average molecular weight is 467 g/mol. The molecule has 3 N–H and O–H groups in total. The lowest BCUT2D eigenvalue weighted by molar-refractivity contribution is 0.101. The molecule has 2 aliphatic heterocycles. The molecule has 2 heterocycles. The van der Waals surface area contributed by atoms with Crippen molar-refractivity contribution >= 4 is 17.5 Å². The number of carbonyl (C=O) groups excluding carboxylic acids is 2. The maximum absolute atomic E-state index is 13.2. The van der Waals surface area contributed by atoms with Crippen LogP contribution in [0.25, 0.3) is 0 Å². The van der Waals surface area contributed by atoms with E-state index in [0.29, 0.717) is 23.1 Å². The van der Waals surface area contributed by atoms with Crippen LogP contribution >= 0.6 is 0 Å². The van der Waals surface area contributed by atoms with E-state index < -0.39 is 0 Å². The van der Waals surface area contributed by atoms with Crippen molar-refractivity contribution in [3.63, 3.8) is 0 Å². The van der Waals surface area contributed by atoms with Crippen LogP contribution in [0.4, 0.5) is 14.9 Å². The second-order valence-electron chi connectivity index (χ2n) is 9.69. The summed E-state index contributed by atoms with van der Waals surface area (Å²) in [7, 11) is 0. The number of halogens is 1. The molecule has 0 radical (unpaired) electrons. The van der Waals surface area contributed by atoms with Crippen LogP contribution in [0.3, 0.4) is 0 Å². The minimum Gasteiger partial charge on any atom is -0.335 e. The molecule has 0 aromatic heterocycles. The van der Waals surface area contributed by atoms with Gasteiger partial charge in [-0.25, -0.2) is 9.18 Å². The molecule has 2 fully saturated rings. The lowest BCUT2D eigenvalue weighted by Crippen LogP contribution is -2.54. The Kier molecular flexibility index (Phi) is 8.29. The smallest absolute Gasteiger partial charge is 0.319 e. The molecular weight excluding hydrogens is 431 g/mol. The standard InChI is InChI=1S/C27H35FN4O2/c1-19(33)22-5-2-6-25(15-22)30-27(34)31-26-11-12-29-16-23(26)18-32-13-3-4-21(17-32)14-20-7-9-24(28)10-8-20/h2,5-10,15,21,23,26,29H,3-4,11-14,16-18H2,1H3,(H2,30,31,34)/t21-,23-,26+/m0/s1. The number of rotatable bonds is 7. The van der Waals surface area contributed by atoms with Gasteiger partial charge in [0.05, 0.1) is 0 Å². The van der Waals surface area contributed by atoms with Crippen LogP contribution in [0, 0.1) is 17.7 Å². The van der Waals surface area contributed by atoms with Crippen molar-refractivity contribution in [2.45, 2.75) is 38.6 Å². The fraction of sp³-hybridized carbons (Fsp3) is 0.481. The summed E-state index contributed by atoms with van der Waals surface area (Å²) in [5, 5.41) is 9.54. The first-order valence-electron chi connectivity index (χ1n) is 12.3. The van der Waals surface area contributed by atoms with Crippen LogP contribution in [-0.2, 0) is 6.42 Å². The van der Waals surface area contributed by atoms with Gasteiger partial charge in [0.2, 0.25) is 0 Å². The van der Waals surface area contributed by atoms with Gasteiger partial charge >= 0.3 is 6.03 Å². The number of Topliss-reactive ketones (excluding diaryl/α,β-unsaturated/α-hetero) is 1. The van der Waals surface area contributed by atoms with E-state index in [-0.39, 0.29) is 23.7 Å². The molecule has 34 heavy (non-hydrogen) atoms. The molecule has 6 nitrogen and oxygen atoms in total. The van der Waals surface area contributed by atoms with Crippen molar-refractivity contribution < 1.29 is 14.0 Å². The number of piperidine rings is 2. The Hall–Kier alpha value is -2.77. The van der Waals surface area contributed by atoms with Crippen LogP contribution in [0.15, 0.2) is 48.5 Å². The number of ketones is 1. The van der Waals surface area contributed by atoms with Gasteiger partial charge in [0, 0.05) is 42.8 Å². The molecule has 2 aromatic rings. The molecule has 182 valence electrons. The van der Waals surface area contributed by atoms with E-state index in [9.17, 15) is 14.0 Å². The summed E-state index contributed by atoms with van der Waals surface area (Å²) in [6, 6.07) is 13.8. The predicted octanol–water partition coefficient (Wildman–Crippen LogP) is 4.08. The summed E-state index contributed by atoms with van der Waals surface area (Å²) in [4.78, 5) is 26.9. The largest absolute Gasteiger partial charge is 0.335 e. The van der Waals surface area contributed by atoms with Gasteiger partial charge in [-0.1, -0.05) is 24.3 Å². The van der Waals surface area contributed by atoms with Gasteiger partial charge in [0.25, 0.3) is 0 Å². The Labute approximate surface area is 201 Å². The first kappa shape index (κ1) is 24.4. The second-order valence-corrected chi connectivity index (χ2v) is 9.69. The molecule has 2 aromatic carbocycles. The number of benzene rings is 2. The first-order chi connectivity index (χ1) is 16.5. The topological polar surface area (TPSA) is 73.5 Å². The van der Waals surface area contributed by atoms with Crippen LogP contribution < -0.4 is 16.0 Å². The molecule has 7 heteroatoms. The molecule has 4 rings (SSSR count). The molecule has 0 unspecified atom stereocenters. The van der Waals surface area contributed by atoms with E-state index in [1.807, 2.05) is 12.1 Å². The molecule has 0 saturated carbocycles. The molecule has 2 aliphatic rings. The minimum atomic E-state index is -0.231. The van der Waals surface area contributed by atoms with Crippen LogP contribution in [0.1, 0.15) is 42.1 Å². The van der Waals surface area contributed by atoms with Gasteiger partial charge < -0.3 is 20.9 Å². The van der Waals surface area contributed by atoms with E-state index in [1.54, 1.807) is 36.4 Å².